The molecule has 0 amide bonds. The molecule has 0 aliphatic rings. The summed E-state index contributed by atoms with van der Waals surface area (Å²) < 4.78 is 5.01. The lowest BCUT2D eigenvalue weighted by Gasteiger charge is -1.96. The fourth-order valence-electron chi connectivity index (χ4n) is 1.18. The lowest BCUT2D eigenvalue weighted by Crippen LogP contribution is -2.00. The normalized spacial score (nSPS) is 10.3. The molecule has 0 aliphatic heterocycles. The van der Waals surface area contributed by atoms with E-state index in [9.17, 15) is 9.59 Å². The summed E-state index contributed by atoms with van der Waals surface area (Å²) >= 11 is 0.830. The maximum absolute atomic E-state index is 11.3. The third kappa shape index (κ3) is 1.56. The smallest absolute Gasteiger partial charge is 0.350 e. The van der Waals surface area contributed by atoms with Gasteiger partial charge in [-0.15, -0.1) is 0 Å². The minimum absolute atomic E-state index is 0.318. The molecule has 0 N–H and O–H groups in total. The van der Waals surface area contributed by atoms with Gasteiger partial charge in [0.25, 0.3) is 0 Å². The molecule has 0 atom stereocenters. The second kappa shape index (κ2) is 3.67. The molecule has 2 rings (SSSR count). The van der Waals surface area contributed by atoms with Crippen LogP contribution in [-0.4, -0.2) is 5.62 Å². The molecule has 1 heterocycles. The zero-order valence-corrected chi connectivity index (χ0v) is 7.91. The maximum Gasteiger partial charge on any atom is 0.350 e. The summed E-state index contributed by atoms with van der Waals surface area (Å²) in [6.07, 6.45) is 0. The van der Waals surface area contributed by atoms with Crippen molar-refractivity contribution in [2.24, 2.45) is 0 Å². The molecule has 0 aliphatic carbocycles. The maximum atomic E-state index is 11.3. The average molecular weight is 206 g/mol. The number of hydrogen-bond donors (Lipinski definition) is 0. The number of fused-ring (bicyclic) bond motifs is 1. The van der Waals surface area contributed by atoms with Crippen LogP contribution in [0.3, 0.4) is 0 Å². The van der Waals surface area contributed by atoms with Crippen molar-refractivity contribution in [3.63, 3.8) is 0 Å². The van der Waals surface area contributed by atoms with E-state index in [4.69, 9.17) is 4.42 Å². The fraction of sp³-hybridized carbons (Fsp3) is 0. The van der Waals surface area contributed by atoms with Crippen LogP contribution in [0.15, 0.2) is 44.4 Å². The molecule has 1 aromatic carbocycles. The molecule has 14 heavy (non-hydrogen) atoms. The van der Waals surface area contributed by atoms with Crippen molar-refractivity contribution in [2.45, 2.75) is 4.90 Å². The van der Waals surface area contributed by atoms with E-state index in [2.05, 4.69) is 0 Å². The Morgan fingerprint density at radius 3 is 2.86 bits per heavy atom. The number of benzene rings is 1. The second-order valence-corrected chi connectivity index (χ2v) is 3.52. The molecule has 1 aromatic heterocycles. The summed E-state index contributed by atoms with van der Waals surface area (Å²) in [6, 6.07) is 8.83. The molecule has 0 bridgehead atoms. The van der Waals surface area contributed by atoms with Crippen LogP contribution in [0.25, 0.3) is 11.0 Å². The quantitative estimate of drug-likeness (QED) is 0.428. The van der Waals surface area contributed by atoms with Crippen LogP contribution in [0.2, 0.25) is 0 Å². The van der Waals surface area contributed by atoms with E-state index >= 15 is 0 Å². The van der Waals surface area contributed by atoms with Crippen LogP contribution >= 0.6 is 11.8 Å². The average Bonchev–Trinajstić information content (AvgIpc) is 2.19. The number of carbonyl (C=O) groups is 1. The van der Waals surface area contributed by atoms with Crippen molar-refractivity contribution in [1.82, 2.24) is 0 Å². The number of hydrogen-bond acceptors (Lipinski definition) is 4. The summed E-state index contributed by atoms with van der Waals surface area (Å²) in [5.41, 5.74) is 0.676. The van der Waals surface area contributed by atoms with Gasteiger partial charge in [0.05, 0.1) is 0 Å². The van der Waals surface area contributed by atoms with E-state index in [1.165, 1.54) is 0 Å². The highest BCUT2D eigenvalue weighted by Gasteiger charge is 2.04. The second-order valence-electron chi connectivity index (χ2n) is 2.65. The highest BCUT2D eigenvalue weighted by Crippen LogP contribution is 2.17. The fourth-order valence-corrected chi connectivity index (χ4v) is 1.61. The Morgan fingerprint density at radius 2 is 2.07 bits per heavy atom. The molecule has 0 spiro atoms. The predicted octanol–water partition coefficient (Wildman–Crippen LogP) is 2.08. The molecule has 3 nitrogen and oxygen atoms in total. The number of para-hydroxylation sites is 1. The molecule has 0 unspecified atom stereocenters. The van der Waals surface area contributed by atoms with Crippen molar-refractivity contribution in [3.8, 4) is 0 Å². The Labute approximate surface area is 83.7 Å². The summed E-state index contributed by atoms with van der Waals surface area (Å²) in [6.45, 7) is 0. The molecule has 70 valence electrons. The molecule has 4 heteroatoms. The molecule has 0 fully saturated rings. The van der Waals surface area contributed by atoms with Gasteiger partial charge < -0.3 is 4.42 Å². The summed E-state index contributed by atoms with van der Waals surface area (Å²) in [4.78, 5) is 21.8. The highest BCUT2D eigenvalue weighted by atomic mass is 32.2. The van der Waals surface area contributed by atoms with Crippen LogP contribution < -0.4 is 5.63 Å². The van der Waals surface area contributed by atoms with E-state index in [-0.39, 0.29) is 0 Å². The Balaban J connectivity index is 2.70. The standard InChI is InChI=1S/C10H6O3S/c11-6-14-9-5-7-3-1-2-4-8(7)13-10(9)12/h1-6H. The molecule has 2 aromatic rings. The lowest BCUT2D eigenvalue weighted by molar-refractivity contribution is 0.543. The van der Waals surface area contributed by atoms with Gasteiger partial charge in [-0.05, 0) is 23.9 Å². The van der Waals surface area contributed by atoms with Gasteiger partial charge in [0.1, 0.15) is 10.5 Å². The van der Waals surface area contributed by atoms with Gasteiger partial charge in [0.2, 0.25) is 0 Å². The topological polar surface area (TPSA) is 47.3 Å². The third-order valence-electron chi connectivity index (χ3n) is 1.78. The summed E-state index contributed by atoms with van der Waals surface area (Å²) in [7, 11) is 0. The van der Waals surface area contributed by atoms with Crippen molar-refractivity contribution < 1.29 is 9.21 Å². The molecule has 0 saturated carbocycles. The van der Waals surface area contributed by atoms with E-state index < -0.39 is 5.63 Å². The Morgan fingerprint density at radius 1 is 1.29 bits per heavy atom. The van der Waals surface area contributed by atoms with Crippen molar-refractivity contribution in [3.05, 3.63) is 40.8 Å². The Hall–Kier alpha value is -1.55. The van der Waals surface area contributed by atoms with Crippen molar-refractivity contribution in [1.29, 1.82) is 0 Å². The van der Waals surface area contributed by atoms with Gasteiger partial charge in [0.15, 0.2) is 5.62 Å². The molecule has 0 saturated heterocycles. The van der Waals surface area contributed by atoms with Gasteiger partial charge in [-0.1, -0.05) is 18.2 Å². The first-order valence-electron chi connectivity index (χ1n) is 3.94. The van der Waals surface area contributed by atoms with Crippen LogP contribution in [0.4, 0.5) is 0 Å². The Kier molecular flexibility index (Phi) is 2.37. The molecule has 0 radical (unpaired) electrons. The lowest BCUT2D eigenvalue weighted by atomic mass is 10.2. The van der Waals surface area contributed by atoms with Gasteiger partial charge >= 0.3 is 5.63 Å². The number of rotatable bonds is 2. The molecular formula is C10H6O3S. The van der Waals surface area contributed by atoms with Crippen LogP contribution in [-0.2, 0) is 4.79 Å². The largest absolute Gasteiger partial charge is 0.422 e. The van der Waals surface area contributed by atoms with E-state index in [0.717, 1.165) is 17.1 Å². The summed E-state index contributed by atoms with van der Waals surface area (Å²) in [5.74, 6) is 0. The zero-order valence-electron chi connectivity index (χ0n) is 7.10. The van der Waals surface area contributed by atoms with Crippen LogP contribution in [0, 0.1) is 0 Å². The Bertz CT molecular complexity index is 530. The van der Waals surface area contributed by atoms with E-state index in [0.29, 0.717) is 16.1 Å². The van der Waals surface area contributed by atoms with Gasteiger partial charge in [-0.25, -0.2) is 4.79 Å². The SMILES string of the molecule is O=CSc1cc2ccccc2oc1=O. The first-order valence-corrected chi connectivity index (χ1v) is 4.82. The van der Waals surface area contributed by atoms with Crippen LogP contribution in [0.5, 0.6) is 0 Å². The van der Waals surface area contributed by atoms with Crippen LogP contribution in [0.1, 0.15) is 0 Å². The van der Waals surface area contributed by atoms with E-state index in [1.807, 2.05) is 12.1 Å². The monoisotopic (exact) mass is 206 g/mol. The first-order chi connectivity index (χ1) is 6.81. The number of thioether (sulfide) groups is 1. The zero-order chi connectivity index (χ0) is 9.97. The van der Waals surface area contributed by atoms with Crippen molar-refractivity contribution >= 4 is 28.3 Å². The van der Waals surface area contributed by atoms with Gasteiger partial charge in [0, 0.05) is 5.39 Å². The third-order valence-corrected chi connectivity index (χ3v) is 2.42. The highest BCUT2D eigenvalue weighted by molar-refractivity contribution is 8.11. The predicted molar refractivity (Wildman–Crippen MR) is 55.1 cm³/mol. The number of carbonyl (C=O) groups excluding carboxylic acids is 1. The minimum Gasteiger partial charge on any atom is -0.422 e. The molecular weight excluding hydrogens is 200 g/mol. The summed E-state index contributed by atoms with van der Waals surface area (Å²) in [5, 5.41) is 0.816. The van der Waals surface area contributed by atoms with Crippen molar-refractivity contribution in [2.75, 3.05) is 0 Å². The van der Waals surface area contributed by atoms with Gasteiger partial charge in [-0.3, -0.25) is 4.79 Å². The van der Waals surface area contributed by atoms with E-state index in [1.54, 1.807) is 18.2 Å². The van der Waals surface area contributed by atoms with Gasteiger partial charge in [-0.2, -0.15) is 0 Å². The minimum atomic E-state index is -0.471. The first kappa shape index (κ1) is 9.02.